The molecule has 1 aliphatic carbocycles. The van der Waals surface area contributed by atoms with Crippen LogP contribution in [0.2, 0.25) is 0 Å². The molecule has 3 rings (SSSR count). The fourth-order valence-corrected chi connectivity index (χ4v) is 4.55. The van der Waals surface area contributed by atoms with Gasteiger partial charge in [-0.25, -0.2) is 4.39 Å². The van der Waals surface area contributed by atoms with E-state index in [4.69, 9.17) is 4.74 Å². The number of unbranched alkanes of at least 4 members (excludes halogenated alkanes) is 7. The Kier molecular flexibility index (Phi) is 10.2. The van der Waals surface area contributed by atoms with E-state index in [0.29, 0.717) is 6.42 Å². The topological polar surface area (TPSA) is 9.23 Å². The molecule has 0 bridgehead atoms. The minimum Gasteiger partial charge on any atom is -0.494 e. The average Bonchev–Trinajstić information content (AvgIpc) is 2.85. The Morgan fingerprint density at radius 2 is 1.45 bits per heavy atom. The molecule has 33 heavy (non-hydrogen) atoms. The third-order valence-corrected chi connectivity index (χ3v) is 6.64. The number of aryl methyl sites for hydroxylation is 1. The largest absolute Gasteiger partial charge is 0.494 e. The molecule has 0 radical (unpaired) electrons. The molecular formula is C31H41FO. The molecule has 2 aromatic rings. The molecule has 178 valence electrons. The molecule has 0 saturated carbocycles. The van der Waals surface area contributed by atoms with Crippen LogP contribution < -0.4 is 4.74 Å². The van der Waals surface area contributed by atoms with Gasteiger partial charge in [0.25, 0.3) is 0 Å². The minimum absolute atomic E-state index is 0.365. The molecular weight excluding hydrogens is 407 g/mol. The first-order chi connectivity index (χ1) is 16.2. The van der Waals surface area contributed by atoms with Crippen molar-refractivity contribution in [1.82, 2.24) is 0 Å². The second-order valence-electron chi connectivity index (χ2n) is 9.31. The quantitative estimate of drug-likeness (QED) is 0.262. The zero-order chi connectivity index (χ0) is 23.4. The van der Waals surface area contributed by atoms with Crippen molar-refractivity contribution in [2.24, 2.45) is 0 Å². The van der Waals surface area contributed by atoms with Crippen LogP contribution in [0, 0.1) is 0 Å². The first kappa shape index (κ1) is 25.3. The fourth-order valence-electron chi connectivity index (χ4n) is 4.55. The van der Waals surface area contributed by atoms with E-state index in [1.165, 1.54) is 56.9 Å². The Labute approximate surface area is 200 Å². The molecule has 0 aliphatic heterocycles. The third kappa shape index (κ3) is 7.32. The lowest BCUT2D eigenvalue weighted by molar-refractivity contribution is 0.249. The van der Waals surface area contributed by atoms with Gasteiger partial charge in [0.05, 0.1) is 6.61 Å². The molecule has 1 atom stereocenters. The zero-order valence-corrected chi connectivity index (χ0v) is 20.6. The SMILES string of the molecule is CCCCCCCCOc1ccc(C2=CC=CCC2(F)c2ccc(CCCCC)cc2)cc1. The maximum absolute atomic E-state index is 16.4. The lowest BCUT2D eigenvalue weighted by Crippen LogP contribution is -2.23. The van der Waals surface area contributed by atoms with Gasteiger partial charge in [-0.05, 0) is 48.1 Å². The zero-order valence-electron chi connectivity index (χ0n) is 20.6. The molecule has 0 spiro atoms. The van der Waals surface area contributed by atoms with Gasteiger partial charge in [0.2, 0.25) is 0 Å². The van der Waals surface area contributed by atoms with Crippen molar-refractivity contribution >= 4 is 5.57 Å². The van der Waals surface area contributed by atoms with Crippen molar-refractivity contribution < 1.29 is 9.13 Å². The maximum atomic E-state index is 16.4. The Morgan fingerprint density at radius 1 is 0.788 bits per heavy atom. The van der Waals surface area contributed by atoms with Gasteiger partial charge in [0.1, 0.15) is 5.75 Å². The Balaban J connectivity index is 1.61. The van der Waals surface area contributed by atoms with E-state index in [1.807, 2.05) is 54.6 Å². The first-order valence-corrected chi connectivity index (χ1v) is 13.1. The van der Waals surface area contributed by atoms with Crippen LogP contribution in [0.1, 0.15) is 94.7 Å². The normalized spacial score (nSPS) is 17.7. The van der Waals surface area contributed by atoms with Crippen LogP contribution in [-0.4, -0.2) is 6.61 Å². The molecule has 0 amide bonds. The van der Waals surface area contributed by atoms with Gasteiger partial charge in [-0.2, -0.15) is 0 Å². The van der Waals surface area contributed by atoms with E-state index in [2.05, 4.69) is 26.0 Å². The molecule has 0 N–H and O–H groups in total. The monoisotopic (exact) mass is 448 g/mol. The number of hydrogen-bond donors (Lipinski definition) is 0. The molecule has 1 nitrogen and oxygen atoms in total. The number of allylic oxidation sites excluding steroid dienone is 4. The van der Waals surface area contributed by atoms with Crippen LogP contribution in [0.15, 0.2) is 66.8 Å². The molecule has 0 saturated heterocycles. The van der Waals surface area contributed by atoms with Gasteiger partial charge in [0.15, 0.2) is 5.67 Å². The summed E-state index contributed by atoms with van der Waals surface area (Å²) in [4.78, 5) is 0. The van der Waals surface area contributed by atoms with E-state index in [9.17, 15) is 0 Å². The summed E-state index contributed by atoms with van der Waals surface area (Å²) < 4.78 is 22.3. The predicted octanol–water partition coefficient (Wildman–Crippen LogP) is 9.37. The van der Waals surface area contributed by atoms with Gasteiger partial charge in [0, 0.05) is 12.0 Å². The number of rotatable bonds is 14. The van der Waals surface area contributed by atoms with Crippen molar-refractivity contribution in [1.29, 1.82) is 0 Å². The highest BCUT2D eigenvalue weighted by molar-refractivity contribution is 5.76. The molecule has 1 unspecified atom stereocenters. The Bertz CT molecular complexity index is 878. The highest BCUT2D eigenvalue weighted by Gasteiger charge is 2.37. The van der Waals surface area contributed by atoms with Crippen molar-refractivity contribution in [3.05, 3.63) is 83.4 Å². The summed E-state index contributed by atoms with van der Waals surface area (Å²) in [5.74, 6) is 0.861. The number of hydrogen-bond acceptors (Lipinski definition) is 1. The molecule has 0 aromatic heterocycles. The molecule has 1 aliphatic rings. The van der Waals surface area contributed by atoms with Crippen LogP contribution >= 0.6 is 0 Å². The van der Waals surface area contributed by atoms with Crippen molar-refractivity contribution in [2.45, 2.75) is 90.1 Å². The van der Waals surface area contributed by atoms with Crippen LogP contribution in [0.5, 0.6) is 5.75 Å². The lowest BCUT2D eigenvalue weighted by Gasteiger charge is -2.30. The molecule has 2 heteroatoms. The van der Waals surface area contributed by atoms with E-state index >= 15 is 4.39 Å². The summed E-state index contributed by atoms with van der Waals surface area (Å²) >= 11 is 0. The van der Waals surface area contributed by atoms with Gasteiger partial charge in [-0.15, -0.1) is 0 Å². The lowest BCUT2D eigenvalue weighted by atomic mass is 9.79. The smallest absolute Gasteiger partial charge is 0.165 e. The van der Waals surface area contributed by atoms with Gasteiger partial charge < -0.3 is 4.74 Å². The fraction of sp³-hybridized carbons (Fsp3) is 0.484. The Morgan fingerprint density at radius 3 is 2.18 bits per heavy atom. The molecule has 0 heterocycles. The number of halogens is 1. The van der Waals surface area contributed by atoms with Crippen LogP contribution in [0.4, 0.5) is 4.39 Å². The van der Waals surface area contributed by atoms with E-state index < -0.39 is 5.67 Å². The number of alkyl halides is 1. The van der Waals surface area contributed by atoms with Crippen molar-refractivity contribution in [3.8, 4) is 5.75 Å². The van der Waals surface area contributed by atoms with Gasteiger partial charge in [-0.3, -0.25) is 0 Å². The number of benzene rings is 2. The first-order valence-electron chi connectivity index (χ1n) is 13.1. The summed E-state index contributed by atoms with van der Waals surface area (Å²) in [6, 6.07) is 16.1. The minimum atomic E-state index is -1.50. The van der Waals surface area contributed by atoms with Crippen molar-refractivity contribution in [3.63, 3.8) is 0 Å². The summed E-state index contributed by atoms with van der Waals surface area (Å²) in [5.41, 5.74) is 2.17. The van der Waals surface area contributed by atoms with Crippen molar-refractivity contribution in [2.75, 3.05) is 6.61 Å². The highest BCUT2D eigenvalue weighted by atomic mass is 19.1. The second kappa shape index (κ2) is 13.4. The van der Waals surface area contributed by atoms with Crippen LogP contribution in [0.3, 0.4) is 0 Å². The second-order valence-corrected chi connectivity index (χ2v) is 9.31. The third-order valence-electron chi connectivity index (χ3n) is 6.64. The van der Waals surface area contributed by atoms with Gasteiger partial charge in [-0.1, -0.05) is 113 Å². The maximum Gasteiger partial charge on any atom is 0.165 e. The highest BCUT2D eigenvalue weighted by Crippen LogP contribution is 2.45. The van der Waals surface area contributed by atoms with E-state index in [-0.39, 0.29) is 0 Å². The van der Waals surface area contributed by atoms with E-state index in [0.717, 1.165) is 41.9 Å². The summed E-state index contributed by atoms with van der Waals surface area (Å²) in [5, 5.41) is 0. The standard InChI is InChI=1S/C31H41FO/c1-3-5-7-8-9-13-25-33-29-22-18-27(19-23-29)30-15-11-12-24-31(30,32)28-20-16-26(17-21-28)14-10-6-4-2/h11-12,15-23H,3-10,13-14,24-25H2,1-2H3. The van der Waals surface area contributed by atoms with Crippen LogP contribution in [0.25, 0.3) is 5.57 Å². The summed E-state index contributed by atoms with van der Waals surface area (Å²) in [6.07, 6.45) is 18.4. The predicted molar refractivity (Wildman–Crippen MR) is 140 cm³/mol. The Hall–Kier alpha value is -2.35. The average molecular weight is 449 g/mol. The molecule has 2 aromatic carbocycles. The van der Waals surface area contributed by atoms with Crippen LogP contribution in [-0.2, 0) is 12.1 Å². The van der Waals surface area contributed by atoms with E-state index in [1.54, 1.807) is 0 Å². The van der Waals surface area contributed by atoms with Gasteiger partial charge >= 0.3 is 0 Å². The number of ether oxygens (including phenoxy) is 1. The summed E-state index contributed by atoms with van der Waals surface area (Å²) in [6.45, 7) is 5.20. The molecule has 0 fully saturated rings. The summed E-state index contributed by atoms with van der Waals surface area (Å²) in [7, 11) is 0.